The summed E-state index contributed by atoms with van der Waals surface area (Å²) in [5, 5.41) is 0. The van der Waals surface area contributed by atoms with Gasteiger partial charge < -0.3 is 0 Å². The highest BCUT2D eigenvalue weighted by Gasteiger charge is 2.28. The average molecular weight is 483 g/mol. The van der Waals surface area contributed by atoms with E-state index < -0.39 is 0 Å². The fourth-order valence-electron chi connectivity index (χ4n) is 5.69. The minimum Gasteiger partial charge on any atom is -0.0622 e. The molecular weight excluding hydrogens is 432 g/mol. The summed E-state index contributed by atoms with van der Waals surface area (Å²) in [6.45, 7) is 28.4. The summed E-state index contributed by atoms with van der Waals surface area (Å²) in [5.74, 6) is 2.76. The maximum absolute atomic E-state index is 2.56. The lowest BCUT2D eigenvalue weighted by Gasteiger charge is -2.32. The van der Waals surface area contributed by atoms with Crippen molar-refractivity contribution in [1.29, 1.82) is 0 Å². The second kappa shape index (κ2) is 11.4. The van der Waals surface area contributed by atoms with Crippen LogP contribution in [0.15, 0.2) is 48.5 Å². The van der Waals surface area contributed by atoms with E-state index in [2.05, 4.69) is 132 Å². The van der Waals surface area contributed by atoms with Crippen LogP contribution in [0.4, 0.5) is 0 Å². The first-order valence-electron chi connectivity index (χ1n) is 14.3. The predicted octanol–water partition coefficient (Wildman–Crippen LogP) is 11.8. The van der Waals surface area contributed by atoms with E-state index >= 15 is 0 Å². The van der Waals surface area contributed by atoms with Gasteiger partial charge in [-0.15, -0.1) is 0 Å². The summed E-state index contributed by atoms with van der Waals surface area (Å²) in [6, 6.07) is 18.7. The van der Waals surface area contributed by atoms with Gasteiger partial charge in [-0.3, -0.25) is 0 Å². The van der Waals surface area contributed by atoms with Gasteiger partial charge >= 0.3 is 0 Å². The molecule has 0 heterocycles. The first-order valence-corrected chi connectivity index (χ1v) is 14.3. The molecule has 0 fully saturated rings. The van der Waals surface area contributed by atoms with Crippen molar-refractivity contribution in [3.8, 4) is 22.3 Å². The molecule has 0 aromatic heterocycles. The smallest absolute Gasteiger partial charge is 0.0102 e. The number of rotatable bonds is 8. The van der Waals surface area contributed by atoms with Crippen LogP contribution in [0, 0.1) is 0 Å². The molecule has 0 aliphatic carbocycles. The highest BCUT2D eigenvalue weighted by atomic mass is 14.3. The van der Waals surface area contributed by atoms with Crippen molar-refractivity contribution < 1.29 is 0 Å². The molecule has 0 amide bonds. The molecule has 0 unspecified atom stereocenters. The van der Waals surface area contributed by atoms with E-state index in [1.165, 1.54) is 55.6 Å². The molecule has 0 radical (unpaired) electrons. The van der Waals surface area contributed by atoms with Crippen molar-refractivity contribution >= 4 is 0 Å². The Bertz CT molecular complexity index is 1140. The lowest BCUT2D eigenvalue weighted by atomic mass is 9.72. The molecule has 0 aliphatic heterocycles. The van der Waals surface area contributed by atoms with Crippen LogP contribution in [0.25, 0.3) is 22.3 Å². The molecule has 0 saturated carbocycles. The van der Waals surface area contributed by atoms with E-state index in [0.717, 1.165) is 0 Å². The fraction of sp³-hybridized carbons (Fsp3) is 0.500. The molecule has 0 nitrogen and oxygen atoms in total. The number of benzene rings is 3. The number of hydrogen-bond acceptors (Lipinski definition) is 0. The SMILES string of the molecule is CC(C)c1cc(C(C)C)c(-c2c(C(C)C)cc(C(C)C)c(-c3ccccc3)c2C(C)C)c(C(C)C)c1. The molecule has 3 aromatic carbocycles. The first-order chi connectivity index (χ1) is 16.9. The normalized spacial score (nSPS) is 12.3. The van der Waals surface area contributed by atoms with Crippen LogP contribution in [-0.4, -0.2) is 0 Å². The monoisotopic (exact) mass is 482 g/mol. The van der Waals surface area contributed by atoms with Gasteiger partial charge in [-0.1, -0.05) is 132 Å². The molecule has 3 rings (SSSR count). The van der Waals surface area contributed by atoms with E-state index in [1.807, 2.05) is 0 Å². The third kappa shape index (κ3) is 5.49. The van der Waals surface area contributed by atoms with Gasteiger partial charge in [-0.05, 0) is 91.1 Å². The zero-order valence-corrected chi connectivity index (χ0v) is 25.1. The standard InChI is InChI=1S/C36H50/c1-21(2)28-18-29(22(3)4)35(30(19-28)23(5)6)36-32(25(9)10)20-31(24(7)8)34(33(36)26(11)12)27-16-14-13-15-17-27/h13-26H,1-12H3. The van der Waals surface area contributed by atoms with Crippen molar-refractivity contribution in [3.63, 3.8) is 0 Å². The molecule has 0 heteroatoms. The lowest BCUT2D eigenvalue weighted by Crippen LogP contribution is -2.11. The Balaban J connectivity index is 2.66. The molecule has 194 valence electrons. The predicted molar refractivity (Wildman–Crippen MR) is 162 cm³/mol. The van der Waals surface area contributed by atoms with Crippen LogP contribution in [0.1, 0.15) is 152 Å². The van der Waals surface area contributed by atoms with E-state index in [-0.39, 0.29) is 0 Å². The third-order valence-corrected chi connectivity index (χ3v) is 7.69. The highest BCUT2D eigenvalue weighted by Crippen LogP contribution is 2.49. The minimum atomic E-state index is 0.413. The van der Waals surface area contributed by atoms with E-state index in [9.17, 15) is 0 Å². The van der Waals surface area contributed by atoms with Crippen LogP contribution in [0.2, 0.25) is 0 Å². The summed E-state index contributed by atoms with van der Waals surface area (Å²) in [4.78, 5) is 0. The molecule has 3 aromatic rings. The summed E-state index contributed by atoms with van der Waals surface area (Å²) in [7, 11) is 0. The van der Waals surface area contributed by atoms with Crippen LogP contribution in [-0.2, 0) is 0 Å². The van der Waals surface area contributed by atoms with E-state index in [0.29, 0.717) is 35.5 Å². The van der Waals surface area contributed by atoms with Gasteiger partial charge in [-0.2, -0.15) is 0 Å². The number of hydrogen-bond donors (Lipinski definition) is 0. The minimum absolute atomic E-state index is 0.413. The Kier molecular flexibility index (Phi) is 8.92. The summed E-state index contributed by atoms with van der Waals surface area (Å²) < 4.78 is 0. The lowest BCUT2D eigenvalue weighted by molar-refractivity contribution is 0.793. The van der Waals surface area contributed by atoms with Crippen molar-refractivity contribution in [2.45, 2.75) is 119 Å². The quantitative estimate of drug-likeness (QED) is 0.299. The van der Waals surface area contributed by atoms with Crippen molar-refractivity contribution in [1.82, 2.24) is 0 Å². The molecule has 0 N–H and O–H groups in total. The van der Waals surface area contributed by atoms with E-state index in [1.54, 1.807) is 0 Å². The fourth-order valence-corrected chi connectivity index (χ4v) is 5.69. The Morgan fingerprint density at radius 1 is 0.389 bits per heavy atom. The van der Waals surface area contributed by atoms with Gasteiger partial charge in [0.1, 0.15) is 0 Å². The molecular formula is C36H50. The van der Waals surface area contributed by atoms with Crippen molar-refractivity contribution in [2.24, 2.45) is 0 Å². The van der Waals surface area contributed by atoms with Gasteiger partial charge in [0.05, 0.1) is 0 Å². The van der Waals surface area contributed by atoms with Crippen molar-refractivity contribution in [3.05, 3.63) is 81.9 Å². The zero-order valence-electron chi connectivity index (χ0n) is 25.1. The van der Waals surface area contributed by atoms with Gasteiger partial charge in [0.2, 0.25) is 0 Å². The second-order valence-corrected chi connectivity index (χ2v) is 12.6. The van der Waals surface area contributed by atoms with Gasteiger partial charge in [0.15, 0.2) is 0 Å². The van der Waals surface area contributed by atoms with Crippen LogP contribution in [0.3, 0.4) is 0 Å². The molecule has 0 aliphatic rings. The summed E-state index contributed by atoms with van der Waals surface area (Å²) in [5.41, 5.74) is 14.8. The Morgan fingerprint density at radius 3 is 1.19 bits per heavy atom. The van der Waals surface area contributed by atoms with Crippen molar-refractivity contribution in [2.75, 3.05) is 0 Å². The van der Waals surface area contributed by atoms with Gasteiger partial charge in [-0.25, -0.2) is 0 Å². The maximum Gasteiger partial charge on any atom is -0.0102 e. The third-order valence-electron chi connectivity index (χ3n) is 7.69. The van der Waals surface area contributed by atoms with Crippen LogP contribution >= 0.6 is 0 Å². The first kappa shape index (κ1) is 28.2. The average Bonchev–Trinajstić information content (AvgIpc) is 2.81. The molecule has 36 heavy (non-hydrogen) atoms. The topological polar surface area (TPSA) is 0 Å². The zero-order chi connectivity index (χ0) is 26.9. The summed E-state index contributed by atoms with van der Waals surface area (Å²) in [6.07, 6.45) is 0. The van der Waals surface area contributed by atoms with Gasteiger partial charge in [0, 0.05) is 0 Å². The molecule has 0 bridgehead atoms. The van der Waals surface area contributed by atoms with Crippen LogP contribution < -0.4 is 0 Å². The van der Waals surface area contributed by atoms with Gasteiger partial charge in [0.25, 0.3) is 0 Å². The summed E-state index contributed by atoms with van der Waals surface area (Å²) >= 11 is 0. The highest BCUT2D eigenvalue weighted by molar-refractivity contribution is 5.87. The Morgan fingerprint density at radius 2 is 0.806 bits per heavy atom. The molecule has 0 saturated heterocycles. The Labute approximate surface area is 222 Å². The maximum atomic E-state index is 2.56. The molecule has 0 spiro atoms. The second-order valence-electron chi connectivity index (χ2n) is 12.6. The largest absolute Gasteiger partial charge is 0.0622 e. The Hall–Kier alpha value is -2.34. The van der Waals surface area contributed by atoms with Crippen LogP contribution in [0.5, 0.6) is 0 Å². The molecule has 0 atom stereocenters. The van der Waals surface area contributed by atoms with E-state index in [4.69, 9.17) is 0 Å².